The summed E-state index contributed by atoms with van der Waals surface area (Å²) < 4.78 is 0. The van der Waals surface area contributed by atoms with E-state index in [1.807, 2.05) is 18.3 Å². The first-order chi connectivity index (χ1) is 15.8. The predicted molar refractivity (Wildman–Crippen MR) is 131 cm³/mol. The molecule has 32 heavy (non-hydrogen) atoms. The lowest BCUT2D eigenvalue weighted by Gasteiger charge is -2.16. The van der Waals surface area contributed by atoms with Gasteiger partial charge in [-0.3, -0.25) is 4.98 Å². The molecule has 1 N–H and O–H groups in total. The molecular weight excluding hydrogens is 390 g/mol. The standard InChI is InChI=1S/C30H29NO/c32-30(8-4-7-22-5-2-1-3-6-22)28-19-20-31-21-29(28)27-17-15-26(16-18-27)25-13-11-24(12-14-25)23-9-10-23/h1-3,5-6,11-21,23,30,32H,4,7-10H2. The summed E-state index contributed by atoms with van der Waals surface area (Å²) in [5.41, 5.74) is 8.29. The molecule has 1 fully saturated rings. The van der Waals surface area contributed by atoms with Crippen molar-refractivity contribution in [2.24, 2.45) is 0 Å². The minimum atomic E-state index is -0.494. The number of aliphatic hydroxyl groups excluding tert-OH is 1. The fourth-order valence-electron chi connectivity index (χ4n) is 4.44. The zero-order chi connectivity index (χ0) is 21.8. The van der Waals surface area contributed by atoms with Gasteiger partial charge >= 0.3 is 0 Å². The summed E-state index contributed by atoms with van der Waals surface area (Å²) in [4.78, 5) is 4.33. The second kappa shape index (κ2) is 9.50. The van der Waals surface area contributed by atoms with Crippen LogP contribution in [-0.4, -0.2) is 10.1 Å². The monoisotopic (exact) mass is 419 g/mol. The largest absolute Gasteiger partial charge is 0.388 e. The third-order valence-electron chi connectivity index (χ3n) is 6.49. The van der Waals surface area contributed by atoms with E-state index in [1.165, 1.54) is 35.1 Å². The summed E-state index contributed by atoms with van der Waals surface area (Å²) >= 11 is 0. The van der Waals surface area contributed by atoms with Crippen LogP contribution in [0.5, 0.6) is 0 Å². The quantitative estimate of drug-likeness (QED) is 0.324. The van der Waals surface area contributed by atoms with Crippen molar-refractivity contribution in [2.45, 2.75) is 44.1 Å². The number of aryl methyl sites for hydroxylation is 1. The van der Waals surface area contributed by atoms with E-state index in [4.69, 9.17) is 0 Å². The number of benzene rings is 3. The number of aromatic nitrogens is 1. The molecule has 0 aliphatic heterocycles. The molecule has 1 atom stereocenters. The average molecular weight is 420 g/mol. The summed E-state index contributed by atoms with van der Waals surface area (Å²) in [5.74, 6) is 0.787. The lowest BCUT2D eigenvalue weighted by Crippen LogP contribution is -2.01. The van der Waals surface area contributed by atoms with Gasteiger partial charge < -0.3 is 5.11 Å². The van der Waals surface area contributed by atoms with Crippen molar-refractivity contribution in [2.75, 3.05) is 0 Å². The molecule has 1 aliphatic carbocycles. The number of nitrogens with zero attached hydrogens (tertiary/aromatic N) is 1. The molecule has 4 aromatic rings. The first-order valence-electron chi connectivity index (χ1n) is 11.6. The normalized spacial score (nSPS) is 14.3. The van der Waals surface area contributed by atoms with Gasteiger partial charge in [-0.2, -0.15) is 0 Å². The lowest BCUT2D eigenvalue weighted by atomic mass is 9.93. The minimum absolute atomic E-state index is 0.494. The molecule has 1 heterocycles. The van der Waals surface area contributed by atoms with Gasteiger partial charge in [0, 0.05) is 18.0 Å². The van der Waals surface area contributed by atoms with Gasteiger partial charge in [0.15, 0.2) is 0 Å². The highest BCUT2D eigenvalue weighted by Crippen LogP contribution is 2.40. The van der Waals surface area contributed by atoms with Crippen molar-refractivity contribution in [3.05, 3.63) is 114 Å². The first-order valence-corrected chi connectivity index (χ1v) is 11.6. The molecule has 160 valence electrons. The number of rotatable bonds is 8. The average Bonchev–Trinajstić information content (AvgIpc) is 3.71. The van der Waals surface area contributed by atoms with Crippen LogP contribution in [0.2, 0.25) is 0 Å². The number of hydrogen-bond donors (Lipinski definition) is 1. The molecular formula is C30H29NO. The van der Waals surface area contributed by atoms with E-state index in [0.717, 1.165) is 41.9 Å². The third kappa shape index (κ3) is 4.81. The maximum Gasteiger partial charge on any atom is 0.0797 e. The fraction of sp³-hybridized carbons (Fsp3) is 0.233. The van der Waals surface area contributed by atoms with Crippen molar-refractivity contribution in [3.8, 4) is 22.3 Å². The van der Waals surface area contributed by atoms with E-state index in [1.54, 1.807) is 6.20 Å². The molecule has 0 spiro atoms. The van der Waals surface area contributed by atoms with E-state index in [2.05, 4.69) is 77.8 Å². The Kier molecular flexibility index (Phi) is 6.13. The highest BCUT2D eigenvalue weighted by atomic mass is 16.3. The van der Waals surface area contributed by atoms with Crippen LogP contribution in [-0.2, 0) is 6.42 Å². The SMILES string of the molecule is OC(CCCc1ccccc1)c1ccncc1-c1ccc(-c2ccc(C3CC3)cc2)cc1. The Labute approximate surface area is 190 Å². The smallest absolute Gasteiger partial charge is 0.0797 e. The Morgan fingerprint density at radius 3 is 2.12 bits per heavy atom. The summed E-state index contributed by atoms with van der Waals surface area (Å²) in [6.07, 6.45) is 8.47. The second-order valence-electron chi connectivity index (χ2n) is 8.83. The molecule has 1 unspecified atom stereocenters. The van der Waals surface area contributed by atoms with Gasteiger partial charge in [0.05, 0.1) is 6.10 Å². The van der Waals surface area contributed by atoms with E-state index in [-0.39, 0.29) is 0 Å². The van der Waals surface area contributed by atoms with Crippen LogP contribution in [0.4, 0.5) is 0 Å². The van der Waals surface area contributed by atoms with E-state index in [9.17, 15) is 5.11 Å². The molecule has 0 amide bonds. The van der Waals surface area contributed by atoms with Crippen LogP contribution in [0, 0.1) is 0 Å². The molecule has 0 bridgehead atoms. The van der Waals surface area contributed by atoms with Crippen molar-refractivity contribution < 1.29 is 5.11 Å². The zero-order valence-electron chi connectivity index (χ0n) is 18.3. The predicted octanol–water partition coefficient (Wildman–Crippen LogP) is 7.35. The maximum absolute atomic E-state index is 10.9. The Balaban J connectivity index is 1.29. The Morgan fingerprint density at radius 1 is 0.781 bits per heavy atom. The third-order valence-corrected chi connectivity index (χ3v) is 6.49. The van der Waals surface area contributed by atoms with E-state index >= 15 is 0 Å². The lowest BCUT2D eigenvalue weighted by molar-refractivity contribution is 0.165. The van der Waals surface area contributed by atoms with Crippen molar-refractivity contribution in [3.63, 3.8) is 0 Å². The van der Waals surface area contributed by atoms with Crippen LogP contribution < -0.4 is 0 Å². The van der Waals surface area contributed by atoms with Crippen LogP contribution in [0.25, 0.3) is 22.3 Å². The molecule has 1 aliphatic rings. The van der Waals surface area contributed by atoms with Gasteiger partial charge in [-0.05, 0) is 77.5 Å². The van der Waals surface area contributed by atoms with Gasteiger partial charge in [0.1, 0.15) is 0 Å². The molecule has 1 aromatic heterocycles. The van der Waals surface area contributed by atoms with Gasteiger partial charge in [0.2, 0.25) is 0 Å². The fourth-order valence-corrected chi connectivity index (χ4v) is 4.44. The minimum Gasteiger partial charge on any atom is -0.388 e. The van der Waals surface area contributed by atoms with Gasteiger partial charge in [-0.1, -0.05) is 78.9 Å². The van der Waals surface area contributed by atoms with Crippen LogP contribution >= 0.6 is 0 Å². The van der Waals surface area contributed by atoms with E-state index < -0.39 is 6.10 Å². The highest BCUT2D eigenvalue weighted by molar-refractivity contribution is 5.72. The maximum atomic E-state index is 10.9. The summed E-state index contributed by atoms with van der Waals surface area (Å²) in [6, 6.07) is 30.0. The topological polar surface area (TPSA) is 33.1 Å². The zero-order valence-corrected chi connectivity index (χ0v) is 18.3. The number of hydrogen-bond acceptors (Lipinski definition) is 2. The molecule has 3 aromatic carbocycles. The Bertz CT molecular complexity index is 1150. The van der Waals surface area contributed by atoms with Crippen molar-refractivity contribution in [1.82, 2.24) is 4.98 Å². The molecule has 0 radical (unpaired) electrons. The molecule has 5 rings (SSSR count). The van der Waals surface area contributed by atoms with Crippen molar-refractivity contribution >= 4 is 0 Å². The Hall–Kier alpha value is -3.23. The molecule has 2 nitrogen and oxygen atoms in total. The van der Waals surface area contributed by atoms with Crippen LogP contribution in [0.1, 0.15) is 54.4 Å². The van der Waals surface area contributed by atoms with Gasteiger partial charge in [-0.15, -0.1) is 0 Å². The molecule has 2 heteroatoms. The summed E-state index contributed by atoms with van der Waals surface area (Å²) in [5, 5.41) is 10.9. The Morgan fingerprint density at radius 2 is 1.44 bits per heavy atom. The number of aliphatic hydroxyl groups is 1. The first kappa shape index (κ1) is 20.7. The summed E-state index contributed by atoms with van der Waals surface area (Å²) in [7, 11) is 0. The molecule has 0 saturated heterocycles. The van der Waals surface area contributed by atoms with E-state index in [0.29, 0.717) is 0 Å². The van der Waals surface area contributed by atoms with Gasteiger partial charge in [-0.25, -0.2) is 0 Å². The number of pyridine rings is 1. The highest BCUT2D eigenvalue weighted by Gasteiger charge is 2.23. The summed E-state index contributed by atoms with van der Waals surface area (Å²) in [6.45, 7) is 0. The molecule has 1 saturated carbocycles. The van der Waals surface area contributed by atoms with Crippen LogP contribution in [0.15, 0.2) is 97.3 Å². The van der Waals surface area contributed by atoms with Gasteiger partial charge in [0.25, 0.3) is 0 Å². The van der Waals surface area contributed by atoms with Crippen molar-refractivity contribution in [1.29, 1.82) is 0 Å². The second-order valence-corrected chi connectivity index (χ2v) is 8.83. The van der Waals surface area contributed by atoms with Crippen LogP contribution in [0.3, 0.4) is 0 Å².